The van der Waals surface area contributed by atoms with Crippen LogP contribution in [-0.2, 0) is 6.61 Å². The molecule has 1 unspecified atom stereocenters. The number of nitrogens with zero attached hydrogens (tertiary/aromatic N) is 1. The smallest absolute Gasteiger partial charge is 0.166 e. The van der Waals surface area contributed by atoms with Crippen molar-refractivity contribution in [1.82, 2.24) is 5.43 Å². The number of aromatic hydroxyl groups is 1. The van der Waals surface area contributed by atoms with Gasteiger partial charge in [0.1, 0.15) is 24.2 Å². The van der Waals surface area contributed by atoms with Crippen molar-refractivity contribution in [1.29, 1.82) is 0 Å². The first-order chi connectivity index (χ1) is 15.8. The van der Waals surface area contributed by atoms with Gasteiger partial charge >= 0.3 is 0 Å². The number of Topliss-reactive ketones (excluding diaryl/α,β-unsaturated/α-hetero) is 1. The van der Waals surface area contributed by atoms with E-state index in [1.165, 1.54) is 0 Å². The molecule has 0 fully saturated rings. The molecule has 0 aliphatic carbocycles. The number of phenolic OH excluding ortho intramolecular Hbond substituents is 1. The molecule has 3 aromatic carbocycles. The normalized spacial score (nSPS) is 12.3. The van der Waals surface area contributed by atoms with Gasteiger partial charge < -0.3 is 20.4 Å². The Morgan fingerprint density at radius 3 is 2.48 bits per heavy atom. The molecule has 0 aliphatic rings. The van der Waals surface area contributed by atoms with Crippen LogP contribution in [0.3, 0.4) is 0 Å². The zero-order valence-corrected chi connectivity index (χ0v) is 19.4. The van der Waals surface area contributed by atoms with Gasteiger partial charge in [0.2, 0.25) is 0 Å². The molecule has 0 saturated carbocycles. The van der Waals surface area contributed by atoms with Crippen LogP contribution < -0.4 is 10.2 Å². The van der Waals surface area contributed by atoms with Gasteiger partial charge in [0.15, 0.2) is 5.78 Å². The fraction of sp³-hybridized carbons (Fsp3) is 0.259. The van der Waals surface area contributed by atoms with Crippen LogP contribution in [0.25, 0.3) is 0 Å². The lowest BCUT2D eigenvalue weighted by Gasteiger charge is -2.15. The van der Waals surface area contributed by atoms with Crippen LogP contribution >= 0.6 is 0 Å². The Bertz CT molecular complexity index is 1150. The fourth-order valence-electron chi connectivity index (χ4n) is 3.57. The van der Waals surface area contributed by atoms with Crippen LogP contribution in [0.5, 0.6) is 11.5 Å². The Labute approximate surface area is 194 Å². The highest BCUT2D eigenvalue weighted by Gasteiger charge is 2.15. The van der Waals surface area contributed by atoms with Gasteiger partial charge in [0, 0.05) is 19.0 Å². The van der Waals surface area contributed by atoms with Crippen molar-refractivity contribution in [3.8, 4) is 11.5 Å². The number of carbonyl (C=O) groups is 1. The van der Waals surface area contributed by atoms with Crippen LogP contribution in [0.4, 0.5) is 0 Å². The highest BCUT2D eigenvalue weighted by Crippen LogP contribution is 2.32. The number of carbonyl (C=O) groups excluding carboxylic acids is 1. The maximum atomic E-state index is 11.9. The number of nitrogens with one attached hydrogen (secondary N) is 1. The van der Waals surface area contributed by atoms with E-state index in [-0.39, 0.29) is 11.5 Å². The predicted octanol–water partition coefficient (Wildman–Crippen LogP) is 4.90. The SMILES string of the molecule is CCC(=O)c1ccc(OCc2ccc(C(O)c3cccc(/C(C)=N/NC)c3)cc2)c(C)c1O. The molecule has 3 N–H and O–H groups in total. The van der Waals surface area contributed by atoms with E-state index in [9.17, 15) is 15.0 Å². The van der Waals surface area contributed by atoms with E-state index in [1.807, 2.05) is 55.5 Å². The van der Waals surface area contributed by atoms with E-state index in [1.54, 1.807) is 33.0 Å². The summed E-state index contributed by atoms with van der Waals surface area (Å²) in [5.74, 6) is 0.390. The second-order valence-electron chi connectivity index (χ2n) is 7.84. The van der Waals surface area contributed by atoms with Gasteiger partial charge in [-0.2, -0.15) is 5.10 Å². The number of ketones is 1. The molecule has 1 atom stereocenters. The Hall–Kier alpha value is -3.64. The van der Waals surface area contributed by atoms with E-state index in [2.05, 4.69) is 10.5 Å². The molecule has 0 spiro atoms. The monoisotopic (exact) mass is 446 g/mol. The van der Waals surface area contributed by atoms with Crippen LogP contribution in [0.2, 0.25) is 0 Å². The van der Waals surface area contributed by atoms with Gasteiger partial charge in [-0.1, -0.05) is 49.4 Å². The summed E-state index contributed by atoms with van der Waals surface area (Å²) in [5, 5.41) is 25.4. The van der Waals surface area contributed by atoms with Crippen LogP contribution in [0.15, 0.2) is 65.8 Å². The summed E-state index contributed by atoms with van der Waals surface area (Å²) in [6.45, 7) is 5.70. The lowest BCUT2D eigenvalue weighted by atomic mass is 9.98. The second kappa shape index (κ2) is 10.8. The highest BCUT2D eigenvalue weighted by molar-refractivity contribution is 5.99. The molecule has 0 heterocycles. The van der Waals surface area contributed by atoms with E-state index < -0.39 is 6.10 Å². The van der Waals surface area contributed by atoms with Gasteiger partial charge in [-0.05, 0) is 54.3 Å². The summed E-state index contributed by atoms with van der Waals surface area (Å²) < 4.78 is 5.87. The minimum Gasteiger partial charge on any atom is -0.507 e. The van der Waals surface area contributed by atoms with Crippen molar-refractivity contribution in [2.45, 2.75) is 39.9 Å². The molecule has 6 nitrogen and oxygen atoms in total. The third kappa shape index (κ3) is 5.59. The average Bonchev–Trinajstić information content (AvgIpc) is 2.84. The summed E-state index contributed by atoms with van der Waals surface area (Å²) in [5.41, 5.74) is 7.90. The molecule has 6 heteroatoms. The maximum Gasteiger partial charge on any atom is 0.166 e. The Morgan fingerprint density at radius 2 is 1.82 bits per heavy atom. The van der Waals surface area contributed by atoms with Crippen LogP contribution in [0.1, 0.15) is 64.5 Å². The fourth-order valence-corrected chi connectivity index (χ4v) is 3.57. The molecule has 0 aliphatic heterocycles. The zero-order chi connectivity index (χ0) is 24.0. The topological polar surface area (TPSA) is 91.2 Å². The molecule has 3 rings (SSSR count). The largest absolute Gasteiger partial charge is 0.507 e. The summed E-state index contributed by atoms with van der Waals surface area (Å²) >= 11 is 0. The number of hydrogen-bond acceptors (Lipinski definition) is 6. The van der Waals surface area contributed by atoms with Gasteiger partial charge in [-0.3, -0.25) is 4.79 Å². The first kappa shape index (κ1) is 24.0. The molecule has 33 heavy (non-hydrogen) atoms. The van der Waals surface area contributed by atoms with E-state index in [0.29, 0.717) is 29.9 Å². The van der Waals surface area contributed by atoms with Crippen molar-refractivity contribution < 1.29 is 19.7 Å². The van der Waals surface area contributed by atoms with Gasteiger partial charge in [0.05, 0.1) is 11.3 Å². The average molecular weight is 447 g/mol. The van der Waals surface area contributed by atoms with Crippen molar-refractivity contribution in [2.75, 3.05) is 7.05 Å². The minimum absolute atomic E-state index is 0.0324. The Kier molecular flexibility index (Phi) is 7.85. The molecular weight excluding hydrogens is 416 g/mol. The van der Waals surface area contributed by atoms with E-state index in [0.717, 1.165) is 28.0 Å². The summed E-state index contributed by atoms with van der Waals surface area (Å²) in [4.78, 5) is 11.9. The number of aliphatic hydroxyl groups excluding tert-OH is 1. The quantitative estimate of drug-likeness (QED) is 0.247. The number of hydrazone groups is 1. The molecular formula is C27H30N2O4. The number of rotatable bonds is 9. The minimum atomic E-state index is -0.759. The van der Waals surface area contributed by atoms with Crippen LogP contribution in [-0.4, -0.2) is 28.8 Å². The number of ether oxygens (including phenoxy) is 1. The summed E-state index contributed by atoms with van der Waals surface area (Å²) in [6.07, 6.45) is -0.427. The molecule has 0 aromatic heterocycles. The van der Waals surface area contributed by atoms with E-state index in [4.69, 9.17) is 4.74 Å². The van der Waals surface area contributed by atoms with Gasteiger partial charge in [-0.15, -0.1) is 0 Å². The standard InChI is InChI=1S/C27H30N2O4/c1-5-24(30)23-13-14-25(17(2)26(23)31)33-16-19-9-11-20(12-10-19)27(32)22-8-6-7-21(15-22)18(3)29-28-4/h6-15,27-28,31-32H,5,16H2,1-4H3/b29-18+. The Balaban J connectivity index is 1.70. The number of benzene rings is 3. The zero-order valence-electron chi connectivity index (χ0n) is 19.4. The summed E-state index contributed by atoms with van der Waals surface area (Å²) in [7, 11) is 1.75. The van der Waals surface area contributed by atoms with Crippen LogP contribution in [0, 0.1) is 6.92 Å². The van der Waals surface area contributed by atoms with E-state index >= 15 is 0 Å². The van der Waals surface area contributed by atoms with Gasteiger partial charge in [0.25, 0.3) is 0 Å². The molecule has 3 aromatic rings. The molecule has 0 amide bonds. The maximum absolute atomic E-state index is 11.9. The highest BCUT2D eigenvalue weighted by atomic mass is 16.5. The molecule has 0 bridgehead atoms. The lowest BCUT2D eigenvalue weighted by Crippen LogP contribution is -2.06. The third-order valence-corrected chi connectivity index (χ3v) is 5.59. The third-order valence-electron chi connectivity index (χ3n) is 5.59. The Morgan fingerprint density at radius 1 is 1.09 bits per heavy atom. The van der Waals surface area contributed by atoms with Crippen molar-refractivity contribution in [3.05, 3.63) is 94.0 Å². The lowest BCUT2D eigenvalue weighted by molar-refractivity contribution is 0.0985. The number of hydrogen-bond donors (Lipinski definition) is 3. The molecule has 172 valence electrons. The number of aliphatic hydroxyl groups is 1. The second-order valence-corrected chi connectivity index (χ2v) is 7.84. The molecule has 0 saturated heterocycles. The number of phenols is 1. The summed E-state index contributed by atoms with van der Waals surface area (Å²) in [6, 6.07) is 18.5. The van der Waals surface area contributed by atoms with Crippen molar-refractivity contribution in [2.24, 2.45) is 5.10 Å². The van der Waals surface area contributed by atoms with Crippen molar-refractivity contribution in [3.63, 3.8) is 0 Å². The predicted molar refractivity (Wildman–Crippen MR) is 130 cm³/mol. The molecule has 0 radical (unpaired) electrons. The first-order valence-electron chi connectivity index (χ1n) is 10.9. The van der Waals surface area contributed by atoms with Gasteiger partial charge in [-0.25, -0.2) is 0 Å². The first-order valence-corrected chi connectivity index (χ1v) is 10.9. The van der Waals surface area contributed by atoms with Crippen molar-refractivity contribution >= 4 is 11.5 Å².